The molecule has 1 atom stereocenters. The molecular weight excluding hydrogens is 249 g/mol. The third-order valence-corrected chi connectivity index (χ3v) is 3.22. The number of rotatable bonds is 3. The fourth-order valence-electron chi connectivity index (χ4n) is 1.63. The Balaban J connectivity index is 2.00. The molecule has 1 aliphatic heterocycles. The molecule has 0 aliphatic carbocycles. The number of ether oxygens (including phenoxy) is 2. The molecule has 0 aromatic heterocycles. The first-order valence-electron chi connectivity index (χ1n) is 5.16. The van der Waals surface area contributed by atoms with Crippen molar-refractivity contribution in [2.75, 3.05) is 18.9 Å². The Kier molecular flexibility index (Phi) is 3.79. The number of benzene rings is 1. The third-order valence-electron chi connectivity index (χ3n) is 2.50. The highest BCUT2D eigenvalue weighted by Crippen LogP contribution is 2.32. The van der Waals surface area contributed by atoms with Gasteiger partial charge in [0.1, 0.15) is 12.4 Å². The van der Waals surface area contributed by atoms with E-state index in [1.165, 1.54) is 0 Å². The van der Waals surface area contributed by atoms with Gasteiger partial charge in [-0.3, -0.25) is 0 Å². The van der Waals surface area contributed by atoms with Gasteiger partial charge in [0.05, 0.1) is 21.8 Å². The molecule has 3 nitrogen and oxygen atoms in total. The van der Waals surface area contributed by atoms with Gasteiger partial charge in [0.2, 0.25) is 0 Å². The van der Waals surface area contributed by atoms with Gasteiger partial charge in [-0.05, 0) is 18.9 Å². The number of anilines is 1. The molecule has 0 spiro atoms. The van der Waals surface area contributed by atoms with Gasteiger partial charge >= 0.3 is 0 Å². The van der Waals surface area contributed by atoms with Crippen molar-refractivity contribution in [1.82, 2.24) is 0 Å². The van der Waals surface area contributed by atoms with Crippen LogP contribution in [-0.2, 0) is 4.74 Å². The number of halogens is 2. The van der Waals surface area contributed by atoms with E-state index in [2.05, 4.69) is 0 Å². The van der Waals surface area contributed by atoms with Gasteiger partial charge in [0.15, 0.2) is 0 Å². The fourth-order valence-corrected chi connectivity index (χ4v) is 1.95. The van der Waals surface area contributed by atoms with E-state index in [1.807, 2.05) is 0 Å². The van der Waals surface area contributed by atoms with Gasteiger partial charge in [0.25, 0.3) is 0 Å². The SMILES string of the molecule is Nc1cc(Cl)c(Cl)cc1OCC1CCCO1. The topological polar surface area (TPSA) is 44.5 Å². The van der Waals surface area contributed by atoms with Crippen LogP contribution in [0, 0.1) is 0 Å². The maximum atomic E-state index is 5.88. The molecular formula is C11H13Cl2NO2. The van der Waals surface area contributed by atoms with Crippen LogP contribution in [-0.4, -0.2) is 19.3 Å². The van der Waals surface area contributed by atoms with Crippen molar-refractivity contribution >= 4 is 28.9 Å². The molecule has 2 N–H and O–H groups in total. The summed E-state index contributed by atoms with van der Waals surface area (Å²) < 4.78 is 11.0. The van der Waals surface area contributed by atoms with Crippen LogP contribution in [0.15, 0.2) is 12.1 Å². The molecule has 1 fully saturated rings. The Hall–Kier alpha value is -0.640. The lowest BCUT2D eigenvalue weighted by Crippen LogP contribution is -2.16. The lowest BCUT2D eigenvalue weighted by atomic mass is 10.2. The van der Waals surface area contributed by atoms with Crippen LogP contribution in [0.3, 0.4) is 0 Å². The molecule has 2 rings (SSSR count). The van der Waals surface area contributed by atoms with Crippen LogP contribution in [0.2, 0.25) is 10.0 Å². The summed E-state index contributed by atoms with van der Waals surface area (Å²) in [7, 11) is 0. The second-order valence-corrected chi connectivity index (χ2v) is 4.56. The zero-order valence-electron chi connectivity index (χ0n) is 8.71. The Labute approximate surface area is 104 Å². The summed E-state index contributed by atoms with van der Waals surface area (Å²) >= 11 is 11.7. The molecule has 16 heavy (non-hydrogen) atoms. The fraction of sp³-hybridized carbons (Fsp3) is 0.455. The van der Waals surface area contributed by atoms with E-state index in [0.717, 1.165) is 19.4 Å². The van der Waals surface area contributed by atoms with Crippen molar-refractivity contribution in [2.45, 2.75) is 18.9 Å². The molecule has 88 valence electrons. The summed E-state index contributed by atoms with van der Waals surface area (Å²) in [6.07, 6.45) is 2.28. The lowest BCUT2D eigenvalue weighted by molar-refractivity contribution is 0.0682. The summed E-state index contributed by atoms with van der Waals surface area (Å²) in [6.45, 7) is 1.31. The minimum absolute atomic E-state index is 0.161. The second kappa shape index (κ2) is 5.13. The number of nitrogens with two attached hydrogens (primary N) is 1. The monoisotopic (exact) mass is 261 g/mol. The van der Waals surface area contributed by atoms with Gasteiger partial charge in [-0.15, -0.1) is 0 Å². The Morgan fingerprint density at radius 2 is 2.12 bits per heavy atom. The van der Waals surface area contributed by atoms with Gasteiger partial charge < -0.3 is 15.2 Å². The predicted molar refractivity (Wildman–Crippen MR) is 65.3 cm³/mol. The van der Waals surface area contributed by atoms with Gasteiger partial charge in [0, 0.05) is 12.7 Å². The summed E-state index contributed by atoms with van der Waals surface area (Å²) in [5.74, 6) is 0.560. The molecule has 1 aromatic carbocycles. The highest BCUT2D eigenvalue weighted by atomic mass is 35.5. The average molecular weight is 262 g/mol. The van der Waals surface area contributed by atoms with Crippen LogP contribution >= 0.6 is 23.2 Å². The summed E-state index contributed by atoms with van der Waals surface area (Å²) in [5.41, 5.74) is 6.26. The zero-order chi connectivity index (χ0) is 11.5. The van der Waals surface area contributed by atoms with Gasteiger partial charge in [-0.1, -0.05) is 23.2 Å². The minimum atomic E-state index is 0.161. The van der Waals surface area contributed by atoms with Crippen molar-refractivity contribution in [3.8, 4) is 5.75 Å². The van der Waals surface area contributed by atoms with Crippen molar-refractivity contribution in [3.63, 3.8) is 0 Å². The zero-order valence-corrected chi connectivity index (χ0v) is 10.2. The Morgan fingerprint density at radius 1 is 1.38 bits per heavy atom. The standard InChI is InChI=1S/C11H13Cl2NO2/c12-8-4-10(14)11(5-9(8)13)16-6-7-2-1-3-15-7/h4-5,7H,1-3,6,14H2. The molecule has 0 radical (unpaired) electrons. The Bertz CT molecular complexity index is 378. The maximum absolute atomic E-state index is 5.88. The van der Waals surface area contributed by atoms with E-state index in [1.54, 1.807) is 12.1 Å². The van der Waals surface area contributed by atoms with E-state index in [-0.39, 0.29) is 6.10 Å². The van der Waals surface area contributed by atoms with E-state index in [4.69, 9.17) is 38.4 Å². The quantitative estimate of drug-likeness (QED) is 0.851. The van der Waals surface area contributed by atoms with E-state index >= 15 is 0 Å². The van der Waals surface area contributed by atoms with Crippen LogP contribution in [0.4, 0.5) is 5.69 Å². The first-order chi connectivity index (χ1) is 7.66. The van der Waals surface area contributed by atoms with E-state index in [9.17, 15) is 0 Å². The highest BCUT2D eigenvalue weighted by molar-refractivity contribution is 6.42. The number of hydrogen-bond acceptors (Lipinski definition) is 3. The molecule has 1 aromatic rings. The smallest absolute Gasteiger partial charge is 0.143 e. The van der Waals surface area contributed by atoms with Gasteiger partial charge in [-0.25, -0.2) is 0 Å². The molecule has 1 unspecified atom stereocenters. The van der Waals surface area contributed by atoms with Crippen molar-refractivity contribution in [1.29, 1.82) is 0 Å². The normalized spacial score (nSPS) is 20.0. The Morgan fingerprint density at radius 3 is 2.81 bits per heavy atom. The molecule has 0 saturated carbocycles. The summed E-state index contributed by atoms with van der Waals surface area (Å²) in [4.78, 5) is 0. The predicted octanol–water partition coefficient (Wildman–Crippen LogP) is 3.13. The summed E-state index contributed by atoms with van der Waals surface area (Å²) in [6, 6.07) is 3.23. The molecule has 1 saturated heterocycles. The first-order valence-corrected chi connectivity index (χ1v) is 5.91. The van der Waals surface area contributed by atoms with E-state index in [0.29, 0.717) is 28.1 Å². The highest BCUT2D eigenvalue weighted by Gasteiger charge is 2.16. The van der Waals surface area contributed by atoms with Crippen LogP contribution < -0.4 is 10.5 Å². The lowest BCUT2D eigenvalue weighted by Gasteiger charge is -2.13. The first kappa shape index (κ1) is 11.8. The van der Waals surface area contributed by atoms with Gasteiger partial charge in [-0.2, -0.15) is 0 Å². The molecule has 5 heteroatoms. The largest absolute Gasteiger partial charge is 0.489 e. The third kappa shape index (κ3) is 2.73. The average Bonchev–Trinajstić information content (AvgIpc) is 2.74. The molecule has 1 aliphatic rings. The summed E-state index contributed by atoms with van der Waals surface area (Å²) in [5, 5.41) is 0.877. The minimum Gasteiger partial charge on any atom is -0.489 e. The van der Waals surface area contributed by atoms with Crippen LogP contribution in [0.1, 0.15) is 12.8 Å². The molecule has 1 heterocycles. The number of hydrogen-bond donors (Lipinski definition) is 1. The second-order valence-electron chi connectivity index (χ2n) is 3.75. The van der Waals surface area contributed by atoms with Crippen molar-refractivity contribution < 1.29 is 9.47 Å². The number of nitrogen functional groups attached to an aromatic ring is 1. The van der Waals surface area contributed by atoms with Crippen molar-refractivity contribution in [3.05, 3.63) is 22.2 Å². The van der Waals surface area contributed by atoms with Crippen LogP contribution in [0.5, 0.6) is 5.75 Å². The van der Waals surface area contributed by atoms with Crippen LogP contribution in [0.25, 0.3) is 0 Å². The van der Waals surface area contributed by atoms with E-state index < -0.39 is 0 Å². The molecule has 0 amide bonds. The molecule has 0 bridgehead atoms. The van der Waals surface area contributed by atoms with Crippen molar-refractivity contribution in [2.24, 2.45) is 0 Å². The maximum Gasteiger partial charge on any atom is 0.143 e.